The van der Waals surface area contributed by atoms with E-state index < -0.39 is 0 Å². The molecule has 0 spiro atoms. The molecule has 2 unspecified atom stereocenters. The van der Waals surface area contributed by atoms with Crippen molar-refractivity contribution in [3.05, 3.63) is 0 Å². The number of nitrogens with zero attached hydrogens (tertiary/aromatic N) is 1. The smallest absolute Gasteiger partial charge is 0.222 e. The van der Waals surface area contributed by atoms with Crippen molar-refractivity contribution in [1.29, 1.82) is 0 Å². The first-order chi connectivity index (χ1) is 9.38. The molecule has 0 aromatic carbocycles. The molecule has 0 aromatic rings. The highest BCUT2D eigenvalue weighted by molar-refractivity contribution is 5.76. The Labute approximate surface area is 124 Å². The molecular formula is C17H32N2O. The number of carbonyl (C=O) groups is 1. The van der Waals surface area contributed by atoms with Gasteiger partial charge in [-0.15, -0.1) is 0 Å². The van der Waals surface area contributed by atoms with Gasteiger partial charge < -0.3 is 10.6 Å². The third-order valence-corrected chi connectivity index (χ3v) is 5.47. The highest BCUT2D eigenvalue weighted by Gasteiger charge is 2.31. The summed E-state index contributed by atoms with van der Waals surface area (Å²) in [4.78, 5) is 14.4. The topological polar surface area (TPSA) is 46.3 Å². The van der Waals surface area contributed by atoms with Gasteiger partial charge in [0.2, 0.25) is 5.91 Å². The van der Waals surface area contributed by atoms with Crippen molar-refractivity contribution >= 4 is 5.91 Å². The van der Waals surface area contributed by atoms with Crippen molar-refractivity contribution in [3.63, 3.8) is 0 Å². The van der Waals surface area contributed by atoms with Crippen LogP contribution in [0, 0.1) is 17.3 Å². The molecule has 2 aliphatic rings. The second kappa shape index (κ2) is 6.46. The van der Waals surface area contributed by atoms with Crippen molar-refractivity contribution in [1.82, 2.24) is 4.90 Å². The molecule has 0 bridgehead atoms. The van der Waals surface area contributed by atoms with Crippen molar-refractivity contribution in [2.45, 2.75) is 71.8 Å². The van der Waals surface area contributed by atoms with Crippen LogP contribution in [0.5, 0.6) is 0 Å². The number of amides is 1. The molecular weight excluding hydrogens is 248 g/mol. The van der Waals surface area contributed by atoms with E-state index in [0.29, 0.717) is 29.6 Å². The van der Waals surface area contributed by atoms with Gasteiger partial charge in [-0.25, -0.2) is 0 Å². The van der Waals surface area contributed by atoms with Crippen LogP contribution < -0.4 is 5.73 Å². The third kappa shape index (κ3) is 3.97. The molecule has 1 amide bonds. The highest BCUT2D eigenvalue weighted by Crippen LogP contribution is 2.35. The summed E-state index contributed by atoms with van der Waals surface area (Å²) in [5, 5.41) is 0. The summed E-state index contributed by atoms with van der Waals surface area (Å²) < 4.78 is 0. The summed E-state index contributed by atoms with van der Waals surface area (Å²) in [5.74, 6) is 1.62. The lowest BCUT2D eigenvalue weighted by Crippen LogP contribution is -2.44. The molecule has 2 N–H and O–H groups in total. The molecule has 2 fully saturated rings. The van der Waals surface area contributed by atoms with Crippen LogP contribution in [0.3, 0.4) is 0 Å². The molecule has 3 heteroatoms. The average molecular weight is 280 g/mol. The molecule has 0 radical (unpaired) electrons. The molecule has 0 aromatic heterocycles. The summed E-state index contributed by atoms with van der Waals surface area (Å²) in [7, 11) is 0. The first-order valence-electron chi connectivity index (χ1n) is 8.41. The van der Waals surface area contributed by atoms with E-state index in [4.69, 9.17) is 5.73 Å². The number of rotatable bonds is 3. The molecule has 1 heterocycles. The Morgan fingerprint density at radius 3 is 2.45 bits per heavy atom. The minimum atomic E-state index is 0.188. The Morgan fingerprint density at radius 2 is 1.85 bits per heavy atom. The SMILES string of the molecule is CC(C)(C)C1CCC(=O)N(CC(N)C2CCCC2)CC1. The molecule has 1 aliphatic heterocycles. The van der Waals surface area contributed by atoms with E-state index in [1.807, 2.05) is 0 Å². The van der Waals surface area contributed by atoms with Crippen molar-refractivity contribution < 1.29 is 4.79 Å². The Bertz CT molecular complexity index is 328. The molecule has 20 heavy (non-hydrogen) atoms. The minimum Gasteiger partial charge on any atom is -0.341 e. The van der Waals surface area contributed by atoms with Crippen LogP contribution in [0.25, 0.3) is 0 Å². The standard InChI is InChI=1S/C17H32N2O/c1-17(2,3)14-8-9-16(20)19(11-10-14)12-15(18)13-6-4-5-7-13/h13-15H,4-12,18H2,1-3H3. The third-order valence-electron chi connectivity index (χ3n) is 5.47. The Balaban J connectivity index is 1.89. The van der Waals surface area contributed by atoms with Crippen LogP contribution in [-0.2, 0) is 4.79 Å². The van der Waals surface area contributed by atoms with Crippen molar-refractivity contribution in [3.8, 4) is 0 Å². The fourth-order valence-corrected chi connectivity index (χ4v) is 3.88. The van der Waals surface area contributed by atoms with Gasteiger partial charge in [-0.05, 0) is 42.9 Å². The van der Waals surface area contributed by atoms with Crippen LogP contribution in [0.2, 0.25) is 0 Å². The van der Waals surface area contributed by atoms with E-state index in [9.17, 15) is 4.79 Å². The van der Waals surface area contributed by atoms with Gasteiger partial charge in [0.15, 0.2) is 0 Å². The predicted octanol–water partition coefficient (Wildman–Crippen LogP) is 3.18. The summed E-state index contributed by atoms with van der Waals surface area (Å²) in [6.45, 7) is 8.56. The van der Waals surface area contributed by atoms with Gasteiger partial charge in [-0.3, -0.25) is 4.79 Å². The number of nitrogens with two attached hydrogens (primary N) is 1. The summed E-state index contributed by atoms with van der Waals surface area (Å²) in [6, 6.07) is 0.188. The number of likely N-dealkylation sites (tertiary alicyclic amines) is 1. The summed E-state index contributed by atoms with van der Waals surface area (Å²) in [6.07, 6.45) is 8.03. The first kappa shape index (κ1) is 15.8. The Hall–Kier alpha value is -0.570. The maximum Gasteiger partial charge on any atom is 0.222 e. The van der Waals surface area contributed by atoms with Gasteiger partial charge in [0.1, 0.15) is 0 Å². The van der Waals surface area contributed by atoms with Gasteiger partial charge >= 0.3 is 0 Å². The van der Waals surface area contributed by atoms with E-state index in [1.54, 1.807) is 0 Å². The normalized spacial score (nSPS) is 27.7. The lowest BCUT2D eigenvalue weighted by atomic mass is 9.77. The lowest BCUT2D eigenvalue weighted by Gasteiger charge is -2.30. The number of hydrogen-bond acceptors (Lipinski definition) is 2. The zero-order valence-corrected chi connectivity index (χ0v) is 13.5. The van der Waals surface area contributed by atoms with E-state index in [2.05, 4.69) is 25.7 Å². The fourth-order valence-electron chi connectivity index (χ4n) is 3.88. The van der Waals surface area contributed by atoms with Crippen molar-refractivity contribution in [2.75, 3.05) is 13.1 Å². The predicted molar refractivity (Wildman–Crippen MR) is 83.3 cm³/mol. The van der Waals surface area contributed by atoms with Gasteiger partial charge in [0, 0.05) is 25.6 Å². The number of carbonyl (C=O) groups excluding carboxylic acids is 1. The molecule has 3 nitrogen and oxygen atoms in total. The van der Waals surface area contributed by atoms with Crippen LogP contribution in [0.4, 0.5) is 0 Å². The largest absolute Gasteiger partial charge is 0.341 e. The zero-order chi connectivity index (χ0) is 14.8. The van der Waals surface area contributed by atoms with Crippen molar-refractivity contribution in [2.24, 2.45) is 23.0 Å². The lowest BCUT2D eigenvalue weighted by molar-refractivity contribution is -0.131. The van der Waals surface area contributed by atoms with Gasteiger partial charge in [-0.1, -0.05) is 33.6 Å². The second-order valence-corrected chi connectivity index (χ2v) is 7.94. The maximum atomic E-state index is 12.3. The molecule has 116 valence electrons. The van der Waals surface area contributed by atoms with E-state index >= 15 is 0 Å². The van der Waals surface area contributed by atoms with Crippen LogP contribution >= 0.6 is 0 Å². The minimum absolute atomic E-state index is 0.188. The Morgan fingerprint density at radius 1 is 1.20 bits per heavy atom. The Kier molecular flexibility index (Phi) is 5.11. The van der Waals surface area contributed by atoms with Crippen LogP contribution in [0.15, 0.2) is 0 Å². The molecule has 1 saturated heterocycles. The fraction of sp³-hybridized carbons (Fsp3) is 0.941. The van der Waals surface area contributed by atoms with Gasteiger partial charge in [0.25, 0.3) is 0 Å². The summed E-state index contributed by atoms with van der Waals surface area (Å²) >= 11 is 0. The summed E-state index contributed by atoms with van der Waals surface area (Å²) in [5.41, 5.74) is 6.66. The maximum absolute atomic E-state index is 12.3. The monoisotopic (exact) mass is 280 g/mol. The molecule has 1 aliphatic carbocycles. The van der Waals surface area contributed by atoms with E-state index in [1.165, 1.54) is 25.7 Å². The quantitative estimate of drug-likeness (QED) is 0.863. The van der Waals surface area contributed by atoms with Crippen LogP contribution in [0.1, 0.15) is 65.7 Å². The highest BCUT2D eigenvalue weighted by atomic mass is 16.2. The first-order valence-corrected chi connectivity index (χ1v) is 8.41. The zero-order valence-electron chi connectivity index (χ0n) is 13.5. The van der Waals surface area contributed by atoms with E-state index in [0.717, 1.165) is 25.9 Å². The van der Waals surface area contributed by atoms with Gasteiger partial charge in [-0.2, -0.15) is 0 Å². The van der Waals surface area contributed by atoms with E-state index in [-0.39, 0.29) is 6.04 Å². The van der Waals surface area contributed by atoms with Crippen LogP contribution in [-0.4, -0.2) is 29.9 Å². The van der Waals surface area contributed by atoms with Gasteiger partial charge in [0.05, 0.1) is 0 Å². The molecule has 2 atom stereocenters. The molecule has 2 rings (SSSR count). The second-order valence-electron chi connectivity index (χ2n) is 7.94. The average Bonchev–Trinajstić information content (AvgIpc) is 2.82. The number of hydrogen-bond donors (Lipinski definition) is 1. The molecule has 1 saturated carbocycles.